The van der Waals surface area contributed by atoms with Crippen LogP contribution in [0.1, 0.15) is 27.2 Å². The van der Waals surface area contributed by atoms with Crippen molar-refractivity contribution in [1.29, 1.82) is 0 Å². The lowest BCUT2D eigenvalue weighted by Gasteiger charge is -2.21. The van der Waals surface area contributed by atoms with E-state index in [2.05, 4.69) is 25.7 Å². The van der Waals surface area contributed by atoms with Crippen LogP contribution in [0, 0.1) is 5.41 Å². The van der Waals surface area contributed by atoms with Gasteiger partial charge in [-0.25, -0.2) is 0 Å². The number of rotatable bonds is 2. The summed E-state index contributed by atoms with van der Waals surface area (Å²) in [6.07, 6.45) is 1.24. The lowest BCUT2D eigenvalue weighted by atomic mass is 9.89. The average Bonchev–Trinajstić information content (AvgIpc) is 2.08. The summed E-state index contributed by atoms with van der Waals surface area (Å²) in [6.45, 7) is 10.2. The van der Waals surface area contributed by atoms with Gasteiger partial charge in [-0.15, -0.1) is 0 Å². The molecule has 0 aromatic carbocycles. The van der Waals surface area contributed by atoms with Gasteiger partial charge in [0.05, 0.1) is 0 Å². The van der Waals surface area contributed by atoms with Gasteiger partial charge in [-0.3, -0.25) is 0 Å². The van der Waals surface area contributed by atoms with Gasteiger partial charge in [0.15, 0.2) is 0 Å². The number of hydrogen-bond donors (Lipinski definition) is 1. The predicted molar refractivity (Wildman–Crippen MR) is 48.5 cm³/mol. The second-order valence-corrected chi connectivity index (χ2v) is 4.33. The van der Waals surface area contributed by atoms with Crippen LogP contribution in [0.15, 0.2) is 0 Å². The molecular formula is C9H20N2. The first-order valence-electron chi connectivity index (χ1n) is 4.54. The van der Waals surface area contributed by atoms with Crippen molar-refractivity contribution < 1.29 is 0 Å². The highest BCUT2D eigenvalue weighted by Gasteiger charge is 2.35. The maximum Gasteiger partial charge on any atom is 0.0232 e. The van der Waals surface area contributed by atoms with Crippen LogP contribution in [0.3, 0.4) is 0 Å². The van der Waals surface area contributed by atoms with E-state index < -0.39 is 0 Å². The normalized spacial score (nSPS) is 31.1. The molecule has 2 nitrogen and oxygen atoms in total. The fourth-order valence-corrected chi connectivity index (χ4v) is 1.77. The molecule has 0 aromatic heterocycles. The van der Waals surface area contributed by atoms with Crippen LogP contribution in [0.4, 0.5) is 0 Å². The minimum atomic E-state index is 0.329. The molecule has 0 radical (unpaired) electrons. The van der Waals surface area contributed by atoms with Crippen LogP contribution in [-0.2, 0) is 0 Å². The minimum absolute atomic E-state index is 0.329. The average molecular weight is 156 g/mol. The zero-order chi connectivity index (χ0) is 8.48. The first-order valence-corrected chi connectivity index (χ1v) is 4.54. The summed E-state index contributed by atoms with van der Waals surface area (Å²) in [6, 6.07) is 0.369. The Labute approximate surface area is 69.8 Å². The van der Waals surface area contributed by atoms with E-state index in [1.165, 1.54) is 19.5 Å². The molecule has 0 saturated carbocycles. The fourth-order valence-electron chi connectivity index (χ4n) is 1.77. The predicted octanol–water partition coefficient (Wildman–Crippen LogP) is 1.07. The molecule has 1 rings (SSSR count). The molecule has 2 heteroatoms. The Morgan fingerprint density at radius 3 is 2.55 bits per heavy atom. The molecule has 1 aliphatic rings. The van der Waals surface area contributed by atoms with E-state index in [-0.39, 0.29) is 0 Å². The van der Waals surface area contributed by atoms with Crippen LogP contribution in [0.2, 0.25) is 0 Å². The standard InChI is InChI=1S/C9H20N2/c1-4-5-11-6-8(10)9(2,3)7-11/h8H,4-7,10H2,1-3H3. The van der Waals surface area contributed by atoms with Crippen molar-refractivity contribution in [3.63, 3.8) is 0 Å². The summed E-state index contributed by atoms with van der Waals surface area (Å²) in [5.41, 5.74) is 6.32. The van der Waals surface area contributed by atoms with Crippen molar-refractivity contribution >= 4 is 0 Å². The summed E-state index contributed by atoms with van der Waals surface area (Å²) < 4.78 is 0. The van der Waals surface area contributed by atoms with Gasteiger partial charge in [-0.05, 0) is 18.4 Å². The number of hydrogen-bond acceptors (Lipinski definition) is 2. The van der Waals surface area contributed by atoms with E-state index in [9.17, 15) is 0 Å². The first-order chi connectivity index (χ1) is 5.06. The smallest absolute Gasteiger partial charge is 0.0232 e. The summed E-state index contributed by atoms with van der Waals surface area (Å²) in [5, 5.41) is 0. The molecule has 0 aromatic rings. The van der Waals surface area contributed by atoms with E-state index in [1.807, 2.05) is 0 Å². The molecule has 0 amide bonds. The lowest BCUT2D eigenvalue weighted by molar-refractivity contribution is 0.288. The number of likely N-dealkylation sites (tertiary alicyclic amines) is 1. The Balaban J connectivity index is 2.43. The highest BCUT2D eigenvalue weighted by molar-refractivity contribution is 4.93. The largest absolute Gasteiger partial charge is 0.326 e. The molecule has 1 saturated heterocycles. The third-order valence-corrected chi connectivity index (χ3v) is 2.63. The van der Waals surface area contributed by atoms with E-state index in [0.29, 0.717) is 11.5 Å². The Kier molecular flexibility index (Phi) is 2.55. The Hall–Kier alpha value is -0.0800. The third-order valence-electron chi connectivity index (χ3n) is 2.63. The molecule has 2 N–H and O–H groups in total. The summed E-state index contributed by atoms with van der Waals surface area (Å²) in [4.78, 5) is 2.46. The van der Waals surface area contributed by atoms with E-state index in [4.69, 9.17) is 5.73 Å². The maximum atomic E-state index is 5.99. The molecule has 0 bridgehead atoms. The SMILES string of the molecule is CCCN1CC(N)C(C)(C)C1. The Morgan fingerprint density at radius 2 is 2.18 bits per heavy atom. The summed E-state index contributed by atoms with van der Waals surface area (Å²) >= 11 is 0. The zero-order valence-corrected chi connectivity index (χ0v) is 7.93. The van der Waals surface area contributed by atoms with E-state index in [1.54, 1.807) is 0 Å². The van der Waals surface area contributed by atoms with Crippen LogP contribution in [0.5, 0.6) is 0 Å². The second-order valence-electron chi connectivity index (χ2n) is 4.33. The third kappa shape index (κ3) is 1.94. The van der Waals surface area contributed by atoms with Gasteiger partial charge in [-0.1, -0.05) is 20.8 Å². The number of nitrogens with two attached hydrogens (primary N) is 1. The van der Waals surface area contributed by atoms with Gasteiger partial charge in [0.1, 0.15) is 0 Å². The zero-order valence-electron chi connectivity index (χ0n) is 7.93. The van der Waals surface area contributed by atoms with Gasteiger partial charge in [-0.2, -0.15) is 0 Å². The van der Waals surface area contributed by atoms with Crippen LogP contribution >= 0.6 is 0 Å². The molecule has 11 heavy (non-hydrogen) atoms. The van der Waals surface area contributed by atoms with E-state index in [0.717, 1.165) is 6.54 Å². The molecular weight excluding hydrogens is 136 g/mol. The minimum Gasteiger partial charge on any atom is -0.326 e. The Bertz CT molecular complexity index is 132. The molecule has 66 valence electrons. The Morgan fingerprint density at radius 1 is 1.55 bits per heavy atom. The topological polar surface area (TPSA) is 29.3 Å². The molecule has 1 atom stereocenters. The molecule has 1 heterocycles. The molecule has 1 unspecified atom stereocenters. The molecule has 1 aliphatic heterocycles. The second kappa shape index (κ2) is 3.11. The quantitative estimate of drug-likeness (QED) is 0.648. The number of nitrogens with zero attached hydrogens (tertiary/aromatic N) is 1. The van der Waals surface area contributed by atoms with Gasteiger partial charge >= 0.3 is 0 Å². The molecule has 0 aliphatic carbocycles. The van der Waals surface area contributed by atoms with Crippen LogP contribution in [0.25, 0.3) is 0 Å². The van der Waals surface area contributed by atoms with E-state index >= 15 is 0 Å². The van der Waals surface area contributed by atoms with Crippen LogP contribution < -0.4 is 5.73 Å². The van der Waals surface area contributed by atoms with Crippen LogP contribution in [-0.4, -0.2) is 30.6 Å². The first kappa shape index (κ1) is 9.01. The fraction of sp³-hybridized carbons (Fsp3) is 1.00. The van der Waals surface area contributed by atoms with Crippen molar-refractivity contribution in [2.24, 2.45) is 11.1 Å². The molecule has 1 fully saturated rings. The van der Waals surface area contributed by atoms with Gasteiger partial charge < -0.3 is 10.6 Å². The lowest BCUT2D eigenvalue weighted by Crippen LogP contribution is -2.35. The van der Waals surface area contributed by atoms with Gasteiger partial charge in [0, 0.05) is 19.1 Å². The van der Waals surface area contributed by atoms with Crippen molar-refractivity contribution in [3.05, 3.63) is 0 Å². The highest BCUT2D eigenvalue weighted by Crippen LogP contribution is 2.27. The molecule has 0 spiro atoms. The van der Waals surface area contributed by atoms with Crippen molar-refractivity contribution in [2.75, 3.05) is 19.6 Å². The van der Waals surface area contributed by atoms with Crippen molar-refractivity contribution in [2.45, 2.75) is 33.2 Å². The summed E-state index contributed by atoms with van der Waals surface area (Å²) in [5.74, 6) is 0. The maximum absolute atomic E-state index is 5.99. The van der Waals surface area contributed by atoms with Gasteiger partial charge in [0.2, 0.25) is 0 Å². The monoisotopic (exact) mass is 156 g/mol. The highest BCUT2D eigenvalue weighted by atomic mass is 15.2. The van der Waals surface area contributed by atoms with Crippen molar-refractivity contribution in [1.82, 2.24) is 4.90 Å². The van der Waals surface area contributed by atoms with Crippen molar-refractivity contribution in [3.8, 4) is 0 Å². The van der Waals surface area contributed by atoms with Gasteiger partial charge in [0.25, 0.3) is 0 Å². The summed E-state index contributed by atoms with van der Waals surface area (Å²) in [7, 11) is 0.